The number of aryl methyl sites for hydroxylation is 1. The van der Waals surface area contributed by atoms with Gasteiger partial charge in [-0.2, -0.15) is 0 Å². The van der Waals surface area contributed by atoms with Gasteiger partial charge in [0.2, 0.25) is 0 Å². The number of nitrogens with one attached hydrogen (secondary N) is 1. The van der Waals surface area contributed by atoms with Crippen LogP contribution in [0.4, 0.5) is 5.69 Å². The molecule has 0 fully saturated rings. The summed E-state index contributed by atoms with van der Waals surface area (Å²) in [5.74, 6) is -0.148. The molecule has 0 aromatic heterocycles. The second-order valence-electron chi connectivity index (χ2n) is 7.47. The molecular formula is C21H24N2O2. The number of carbonyl (C=O) groups excluding carboxylic acids is 2. The monoisotopic (exact) mass is 336 g/mol. The van der Waals surface area contributed by atoms with Crippen LogP contribution in [0.15, 0.2) is 48.5 Å². The Kier molecular flexibility index (Phi) is 4.62. The van der Waals surface area contributed by atoms with Gasteiger partial charge >= 0.3 is 0 Å². The lowest BCUT2D eigenvalue weighted by Gasteiger charge is -2.29. The van der Waals surface area contributed by atoms with E-state index in [9.17, 15) is 9.59 Å². The number of rotatable bonds is 2. The molecule has 0 bridgehead atoms. The van der Waals surface area contributed by atoms with Crippen molar-refractivity contribution in [2.75, 3.05) is 11.4 Å². The maximum atomic E-state index is 12.9. The lowest BCUT2D eigenvalue weighted by molar-refractivity contribution is 0.0917. The van der Waals surface area contributed by atoms with E-state index in [2.05, 4.69) is 11.4 Å². The molecule has 0 radical (unpaired) electrons. The van der Waals surface area contributed by atoms with Gasteiger partial charge in [0.15, 0.2) is 0 Å². The first-order chi connectivity index (χ1) is 11.8. The molecule has 0 saturated carbocycles. The van der Waals surface area contributed by atoms with Crippen LogP contribution < -0.4 is 10.2 Å². The van der Waals surface area contributed by atoms with Crippen LogP contribution in [0.3, 0.4) is 0 Å². The predicted octanol–water partition coefficient (Wildman–Crippen LogP) is 3.81. The zero-order valence-corrected chi connectivity index (χ0v) is 15.0. The van der Waals surface area contributed by atoms with Crippen LogP contribution in [0.5, 0.6) is 0 Å². The number of benzene rings is 2. The number of hydrogen-bond acceptors (Lipinski definition) is 2. The Labute approximate surface area is 148 Å². The van der Waals surface area contributed by atoms with E-state index in [0.717, 1.165) is 25.1 Å². The molecule has 1 N–H and O–H groups in total. The molecule has 2 aromatic carbocycles. The normalized spacial score (nSPS) is 14.0. The smallest absolute Gasteiger partial charge is 0.258 e. The summed E-state index contributed by atoms with van der Waals surface area (Å²) in [4.78, 5) is 26.9. The first-order valence-electron chi connectivity index (χ1n) is 8.67. The largest absolute Gasteiger partial charge is 0.347 e. The van der Waals surface area contributed by atoms with E-state index < -0.39 is 0 Å². The Morgan fingerprint density at radius 3 is 2.28 bits per heavy atom. The van der Waals surface area contributed by atoms with Gasteiger partial charge in [0.25, 0.3) is 11.8 Å². The molecular weight excluding hydrogens is 312 g/mol. The molecule has 0 spiro atoms. The number of anilines is 1. The van der Waals surface area contributed by atoms with Gasteiger partial charge in [-0.3, -0.25) is 9.59 Å². The van der Waals surface area contributed by atoms with Gasteiger partial charge < -0.3 is 10.2 Å². The van der Waals surface area contributed by atoms with Crippen molar-refractivity contribution in [3.63, 3.8) is 0 Å². The van der Waals surface area contributed by atoms with Gasteiger partial charge in [-0.05, 0) is 69.5 Å². The number of carbonyl (C=O) groups is 2. The van der Waals surface area contributed by atoms with E-state index >= 15 is 0 Å². The highest BCUT2D eigenvalue weighted by Gasteiger charge is 2.23. The second kappa shape index (κ2) is 6.71. The summed E-state index contributed by atoms with van der Waals surface area (Å²) in [7, 11) is 0. The summed E-state index contributed by atoms with van der Waals surface area (Å²) in [5.41, 5.74) is 3.08. The van der Waals surface area contributed by atoms with Gasteiger partial charge in [-0.25, -0.2) is 0 Å². The van der Waals surface area contributed by atoms with Crippen LogP contribution in [-0.4, -0.2) is 23.9 Å². The average Bonchev–Trinajstić information content (AvgIpc) is 2.59. The van der Waals surface area contributed by atoms with Crippen molar-refractivity contribution in [3.8, 4) is 0 Å². The van der Waals surface area contributed by atoms with Crippen LogP contribution in [0.1, 0.15) is 53.5 Å². The number of hydrogen-bond donors (Lipinski definition) is 1. The fourth-order valence-electron chi connectivity index (χ4n) is 3.08. The molecule has 1 aliphatic heterocycles. The second-order valence-corrected chi connectivity index (χ2v) is 7.47. The third-order valence-electron chi connectivity index (χ3n) is 4.24. The van der Waals surface area contributed by atoms with E-state index in [4.69, 9.17) is 0 Å². The lowest BCUT2D eigenvalue weighted by atomic mass is 10.0. The third kappa shape index (κ3) is 3.90. The predicted molar refractivity (Wildman–Crippen MR) is 100 cm³/mol. The summed E-state index contributed by atoms with van der Waals surface area (Å²) in [6.07, 6.45) is 1.97. The van der Waals surface area contributed by atoms with Crippen molar-refractivity contribution in [2.24, 2.45) is 0 Å². The molecule has 3 rings (SSSR count). The standard InChI is InChI=1S/C21H24N2O2/c1-21(2,3)22-19(24)16-10-12-17(13-11-16)20(25)23-14-6-8-15-7-4-5-9-18(15)23/h4-5,7,9-13H,6,8,14H2,1-3H3,(H,22,24). The molecule has 4 heteroatoms. The Morgan fingerprint density at radius 2 is 1.60 bits per heavy atom. The highest BCUT2D eigenvalue weighted by atomic mass is 16.2. The van der Waals surface area contributed by atoms with Crippen LogP contribution in [0, 0.1) is 0 Å². The SMILES string of the molecule is CC(C)(C)NC(=O)c1ccc(C(=O)N2CCCc3ccccc32)cc1. The van der Waals surface area contributed by atoms with Crippen molar-refractivity contribution < 1.29 is 9.59 Å². The Balaban J connectivity index is 1.79. The maximum absolute atomic E-state index is 12.9. The zero-order valence-electron chi connectivity index (χ0n) is 15.0. The Bertz CT molecular complexity index is 788. The van der Waals surface area contributed by atoms with Gasteiger partial charge in [0.1, 0.15) is 0 Å². The van der Waals surface area contributed by atoms with Gasteiger partial charge in [0, 0.05) is 28.9 Å². The van der Waals surface area contributed by atoms with Gasteiger partial charge in [-0.15, -0.1) is 0 Å². The quantitative estimate of drug-likeness (QED) is 0.906. The molecule has 130 valence electrons. The summed E-state index contributed by atoms with van der Waals surface area (Å²) < 4.78 is 0. The maximum Gasteiger partial charge on any atom is 0.258 e. The molecule has 1 aliphatic rings. The summed E-state index contributed by atoms with van der Waals surface area (Å²) in [5, 5.41) is 2.93. The van der Waals surface area contributed by atoms with E-state index in [1.54, 1.807) is 24.3 Å². The van der Waals surface area contributed by atoms with Crippen LogP contribution in [0.25, 0.3) is 0 Å². The molecule has 2 amide bonds. The minimum atomic E-state index is -0.289. The third-order valence-corrected chi connectivity index (χ3v) is 4.24. The lowest BCUT2D eigenvalue weighted by Crippen LogP contribution is -2.40. The van der Waals surface area contributed by atoms with E-state index in [1.165, 1.54) is 5.56 Å². The number of nitrogens with zero attached hydrogens (tertiary/aromatic N) is 1. The summed E-state index contributed by atoms with van der Waals surface area (Å²) in [6.45, 7) is 6.55. The van der Waals surface area contributed by atoms with Crippen molar-refractivity contribution >= 4 is 17.5 Å². The average molecular weight is 336 g/mol. The molecule has 0 saturated heterocycles. The number of fused-ring (bicyclic) bond motifs is 1. The van der Waals surface area contributed by atoms with Crippen molar-refractivity contribution in [1.82, 2.24) is 5.32 Å². The molecule has 4 nitrogen and oxygen atoms in total. The fraction of sp³-hybridized carbons (Fsp3) is 0.333. The fourth-order valence-corrected chi connectivity index (χ4v) is 3.08. The van der Waals surface area contributed by atoms with Gasteiger partial charge in [-0.1, -0.05) is 18.2 Å². The zero-order chi connectivity index (χ0) is 18.0. The minimum Gasteiger partial charge on any atom is -0.347 e. The van der Waals surface area contributed by atoms with E-state index in [1.807, 2.05) is 43.9 Å². The summed E-state index contributed by atoms with van der Waals surface area (Å²) >= 11 is 0. The van der Waals surface area contributed by atoms with Crippen LogP contribution in [-0.2, 0) is 6.42 Å². The van der Waals surface area contributed by atoms with Crippen LogP contribution >= 0.6 is 0 Å². The first kappa shape index (κ1) is 17.2. The molecule has 1 heterocycles. The highest BCUT2D eigenvalue weighted by molar-refractivity contribution is 6.07. The Morgan fingerprint density at radius 1 is 0.960 bits per heavy atom. The van der Waals surface area contributed by atoms with Crippen molar-refractivity contribution in [1.29, 1.82) is 0 Å². The molecule has 0 unspecified atom stereocenters. The molecule has 0 aliphatic carbocycles. The molecule has 25 heavy (non-hydrogen) atoms. The van der Waals surface area contributed by atoms with E-state index in [0.29, 0.717) is 11.1 Å². The molecule has 0 atom stereocenters. The van der Waals surface area contributed by atoms with Crippen molar-refractivity contribution in [3.05, 3.63) is 65.2 Å². The number of para-hydroxylation sites is 1. The first-order valence-corrected chi connectivity index (χ1v) is 8.67. The Hall–Kier alpha value is -2.62. The summed E-state index contributed by atoms with van der Waals surface area (Å²) in [6, 6.07) is 14.9. The number of amides is 2. The van der Waals surface area contributed by atoms with Crippen molar-refractivity contribution in [2.45, 2.75) is 39.2 Å². The minimum absolute atomic E-state index is 0.0186. The highest BCUT2D eigenvalue weighted by Crippen LogP contribution is 2.28. The molecule has 2 aromatic rings. The topological polar surface area (TPSA) is 49.4 Å². The van der Waals surface area contributed by atoms with Gasteiger partial charge in [0.05, 0.1) is 0 Å². The van der Waals surface area contributed by atoms with E-state index in [-0.39, 0.29) is 17.4 Å². The van der Waals surface area contributed by atoms with Crippen LogP contribution in [0.2, 0.25) is 0 Å².